The molecule has 0 aliphatic rings. The van der Waals surface area contributed by atoms with Gasteiger partial charge in [0, 0.05) is 0 Å². The van der Waals surface area contributed by atoms with E-state index in [4.69, 9.17) is 0 Å². The van der Waals surface area contributed by atoms with Crippen molar-refractivity contribution in [1.82, 2.24) is 0 Å². The third kappa shape index (κ3) is 4.51. The largest absolute Gasteiger partial charge is 0.0654 e. The molecule has 0 nitrogen and oxygen atoms in total. The van der Waals surface area contributed by atoms with Crippen LogP contribution in [-0.2, 0) is 0 Å². The number of hydrogen-bond donors (Lipinski definition) is 0. The van der Waals surface area contributed by atoms with Crippen molar-refractivity contribution in [2.75, 3.05) is 0 Å². The highest BCUT2D eigenvalue weighted by molar-refractivity contribution is 5.19. The van der Waals surface area contributed by atoms with Crippen LogP contribution in [0.4, 0.5) is 0 Å². The number of benzene rings is 1. The van der Waals surface area contributed by atoms with Crippen molar-refractivity contribution in [2.24, 2.45) is 0 Å². The molecule has 0 N–H and O–H groups in total. The molecule has 1 atom stereocenters. The van der Waals surface area contributed by atoms with Crippen molar-refractivity contribution in [1.29, 1.82) is 0 Å². The lowest BCUT2D eigenvalue weighted by atomic mass is 9.89. The third-order valence-electron chi connectivity index (χ3n) is 2.98. The van der Waals surface area contributed by atoms with Gasteiger partial charge in [-0.2, -0.15) is 0 Å². The van der Waals surface area contributed by atoms with Crippen LogP contribution in [0.25, 0.3) is 0 Å². The predicted molar refractivity (Wildman–Crippen MR) is 67.9 cm³/mol. The van der Waals surface area contributed by atoms with Gasteiger partial charge >= 0.3 is 0 Å². The monoisotopic (exact) mass is 203 g/mol. The molecule has 0 bridgehead atoms. The molecule has 0 saturated carbocycles. The van der Waals surface area contributed by atoms with Gasteiger partial charge in [0.1, 0.15) is 0 Å². The lowest BCUT2D eigenvalue weighted by molar-refractivity contribution is 0.531. The highest BCUT2D eigenvalue weighted by Crippen LogP contribution is 2.27. The summed E-state index contributed by atoms with van der Waals surface area (Å²) in [6, 6.07) is 10.9. The molecule has 0 aliphatic heterocycles. The fourth-order valence-corrected chi connectivity index (χ4v) is 2.04. The van der Waals surface area contributed by atoms with E-state index in [1.165, 1.54) is 37.7 Å². The molecule has 1 radical (unpaired) electrons. The van der Waals surface area contributed by atoms with Crippen LogP contribution >= 0.6 is 0 Å². The van der Waals surface area contributed by atoms with E-state index < -0.39 is 0 Å². The number of rotatable bonds is 7. The zero-order valence-electron chi connectivity index (χ0n) is 9.91. The molecule has 0 heterocycles. The van der Waals surface area contributed by atoms with Gasteiger partial charge in [-0.05, 0) is 24.3 Å². The summed E-state index contributed by atoms with van der Waals surface area (Å²) >= 11 is 0. The van der Waals surface area contributed by atoms with Crippen LogP contribution in [0.1, 0.15) is 56.9 Å². The van der Waals surface area contributed by atoms with E-state index in [1.807, 2.05) is 0 Å². The van der Waals surface area contributed by atoms with Gasteiger partial charge in [0.15, 0.2) is 0 Å². The van der Waals surface area contributed by atoms with E-state index in [9.17, 15) is 0 Å². The van der Waals surface area contributed by atoms with Crippen molar-refractivity contribution in [3.63, 3.8) is 0 Å². The summed E-state index contributed by atoms with van der Waals surface area (Å²) in [6.07, 6.45) is 7.59. The van der Waals surface area contributed by atoms with Gasteiger partial charge < -0.3 is 0 Å². The van der Waals surface area contributed by atoms with Crippen LogP contribution < -0.4 is 0 Å². The molecule has 0 aliphatic carbocycles. The molecule has 83 valence electrons. The highest BCUT2D eigenvalue weighted by Gasteiger charge is 2.09. The minimum Gasteiger partial charge on any atom is -0.0654 e. The Kier molecular flexibility index (Phi) is 6.15. The van der Waals surface area contributed by atoms with Crippen LogP contribution in [0.2, 0.25) is 0 Å². The lowest BCUT2D eigenvalue weighted by Crippen LogP contribution is -1.98. The molecule has 1 rings (SSSR count). The van der Waals surface area contributed by atoms with E-state index >= 15 is 0 Å². The van der Waals surface area contributed by atoms with Crippen molar-refractivity contribution < 1.29 is 0 Å². The average Bonchev–Trinajstić information content (AvgIpc) is 2.30. The maximum Gasteiger partial charge on any atom is -0.0162 e. The Hall–Kier alpha value is -0.780. The summed E-state index contributed by atoms with van der Waals surface area (Å²) in [5, 5.41) is 0. The van der Waals surface area contributed by atoms with E-state index in [-0.39, 0.29) is 0 Å². The third-order valence-corrected chi connectivity index (χ3v) is 2.98. The fraction of sp³-hybridized carbons (Fsp3) is 0.533. The second-order valence-electron chi connectivity index (χ2n) is 4.25. The molecule has 1 aromatic rings. The Morgan fingerprint density at radius 3 is 2.33 bits per heavy atom. The van der Waals surface area contributed by atoms with Crippen molar-refractivity contribution in [3.8, 4) is 0 Å². The quantitative estimate of drug-likeness (QED) is 0.587. The molecule has 0 spiro atoms. The molecule has 0 heteroatoms. The van der Waals surface area contributed by atoms with Crippen LogP contribution in [0.3, 0.4) is 0 Å². The summed E-state index contributed by atoms with van der Waals surface area (Å²) < 4.78 is 0. The average molecular weight is 203 g/mol. The Balaban J connectivity index is 2.55. The highest BCUT2D eigenvalue weighted by atomic mass is 14.1. The first-order valence-corrected chi connectivity index (χ1v) is 6.22. The molecule has 1 unspecified atom stereocenters. The molecular weight excluding hydrogens is 180 g/mol. The van der Waals surface area contributed by atoms with Gasteiger partial charge in [-0.25, -0.2) is 0 Å². The maximum absolute atomic E-state index is 3.93. The molecular formula is C15H23. The lowest BCUT2D eigenvalue weighted by Gasteiger charge is -2.16. The van der Waals surface area contributed by atoms with Crippen molar-refractivity contribution in [3.05, 3.63) is 42.8 Å². The summed E-state index contributed by atoms with van der Waals surface area (Å²) in [5.74, 6) is 0.757. The molecule has 1 aromatic carbocycles. The smallest absolute Gasteiger partial charge is 0.0162 e. The first-order chi connectivity index (χ1) is 7.38. The Bertz CT molecular complexity index is 229. The zero-order chi connectivity index (χ0) is 10.9. The Morgan fingerprint density at radius 1 is 1.07 bits per heavy atom. The molecule has 0 fully saturated rings. The first-order valence-electron chi connectivity index (χ1n) is 6.22. The van der Waals surface area contributed by atoms with Crippen LogP contribution in [0.5, 0.6) is 0 Å². The Morgan fingerprint density at radius 2 is 1.73 bits per heavy atom. The van der Waals surface area contributed by atoms with Gasteiger partial charge in [-0.1, -0.05) is 69.9 Å². The van der Waals surface area contributed by atoms with Crippen LogP contribution in [0, 0.1) is 6.92 Å². The molecule has 15 heavy (non-hydrogen) atoms. The standard InChI is InChI=1S/C15H23/c1-3-5-10-14(11-6-4-2)15-12-8-7-9-13-15/h7-9,12-14H,1,3-6,10-11H2,2H3. The fourth-order valence-electron chi connectivity index (χ4n) is 2.04. The second-order valence-corrected chi connectivity index (χ2v) is 4.25. The van der Waals surface area contributed by atoms with Gasteiger partial charge in [-0.15, -0.1) is 0 Å². The summed E-state index contributed by atoms with van der Waals surface area (Å²) in [7, 11) is 0. The van der Waals surface area contributed by atoms with Crippen LogP contribution in [-0.4, -0.2) is 0 Å². The predicted octanol–water partition coefficient (Wildman–Crippen LogP) is 4.96. The number of unbranched alkanes of at least 4 members (excludes halogenated alkanes) is 2. The zero-order valence-corrected chi connectivity index (χ0v) is 9.91. The van der Waals surface area contributed by atoms with E-state index in [2.05, 4.69) is 44.2 Å². The minimum absolute atomic E-state index is 0.757. The van der Waals surface area contributed by atoms with E-state index in [0.717, 1.165) is 12.3 Å². The van der Waals surface area contributed by atoms with Crippen molar-refractivity contribution in [2.45, 2.75) is 51.4 Å². The topological polar surface area (TPSA) is 0 Å². The van der Waals surface area contributed by atoms with Gasteiger partial charge in [0.05, 0.1) is 0 Å². The van der Waals surface area contributed by atoms with E-state index in [0.29, 0.717) is 0 Å². The SMILES string of the molecule is [CH2]CCCC(CCCC)c1ccccc1. The van der Waals surface area contributed by atoms with Gasteiger partial charge in [-0.3, -0.25) is 0 Å². The first kappa shape index (κ1) is 12.3. The van der Waals surface area contributed by atoms with E-state index in [1.54, 1.807) is 0 Å². The summed E-state index contributed by atoms with van der Waals surface area (Å²) in [6.45, 7) is 6.20. The molecule has 0 aromatic heterocycles. The minimum atomic E-state index is 0.757. The number of hydrogen-bond acceptors (Lipinski definition) is 0. The molecule has 0 amide bonds. The van der Waals surface area contributed by atoms with Gasteiger partial charge in [0.25, 0.3) is 0 Å². The van der Waals surface area contributed by atoms with Gasteiger partial charge in [0.2, 0.25) is 0 Å². The summed E-state index contributed by atoms with van der Waals surface area (Å²) in [4.78, 5) is 0. The molecule has 0 saturated heterocycles. The Labute approximate surface area is 94.7 Å². The maximum atomic E-state index is 3.93. The summed E-state index contributed by atoms with van der Waals surface area (Å²) in [5.41, 5.74) is 1.51. The van der Waals surface area contributed by atoms with Crippen molar-refractivity contribution >= 4 is 0 Å². The van der Waals surface area contributed by atoms with Crippen LogP contribution in [0.15, 0.2) is 30.3 Å². The normalized spacial score (nSPS) is 10.9. The second kappa shape index (κ2) is 7.50.